The molecule has 1 aliphatic rings. The molecule has 0 aliphatic heterocycles. The second kappa shape index (κ2) is 5.65. The maximum Gasteiger partial charge on any atom is 0.122 e. The van der Waals surface area contributed by atoms with Crippen molar-refractivity contribution in [2.45, 2.75) is 51.6 Å². The molecule has 1 aliphatic carbocycles. The molecule has 1 fully saturated rings. The average Bonchev–Trinajstić information content (AvgIpc) is 2.58. The highest BCUT2D eigenvalue weighted by molar-refractivity contribution is 5.41. The molecule has 0 amide bonds. The maximum absolute atomic E-state index is 11.1. The van der Waals surface area contributed by atoms with Crippen LogP contribution in [-0.4, -0.2) is 19.3 Å². The zero-order chi connectivity index (χ0) is 14.8. The molecule has 0 aromatic heterocycles. The van der Waals surface area contributed by atoms with Gasteiger partial charge in [0.2, 0.25) is 0 Å². The van der Waals surface area contributed by atoms with Crippen molar-refractivity contribution in [1.82, 2.24) is 0 Å². The monoisotopic (exact) mass is 278 g/mol. The number of rotatable bonds is 3. The average molecular weight is 278 g/mol. The van der Waals surface area contributed by atoms with Gasteiger partial charge >= 0.3 is 0 Å². The van der Waals surface area contributed by atoms with Gasteiger partial charge in [0.25, 0.3) is 0 Å². The highest BCUT2D eigenvalue weighted by Crippen LogP contribution is 2.44. The van der Waals surface area contributed by atoms with Crippen LogP contribution in [0.3, 0.4) is 0 Å². The number of hydrogen-bond donors (Lipinski definition) is 1. The molecular weight excluding hydrogens is 252 g/mol. The predicted octanol–water partition coefficient (Wildman–Crippen LogP) is 3.88. The fraction of sp³-hybridized carbons (Fsp3) is 0.647. The van der Waals surface area contributed by atoms with Gasteiger partial charge in [-0.3, -0.25) is 0 Å². The molecule has 3 heteroatoms. The van der Waals surface area contributed by atoms with Gasteiger partial charge in [-0.1, -0.05) is 13.8 Å². The summed E-state index contributed by atoms with van der Waals surface area (Å²) >= 11 is 0. The molecule has 1 N–H and O–H groups in total. The quantitative estimate of drug-likeness (QED) is 0.853. The summed E-state index contributed by atoms with van der Waals surface area (Å²) in [7, 11) is 3.28. The number of benzene rings is 1. The van der Waals surface area contributed by atoms with E-state index in [0.717, 1.165) is 49.2 Å². The van der Waals surface area contributed by atoms with Gasteiger partial charge in [-0.15, -0.1) is 0 Å². The zero-order valence-corrected chi connectivity index (χ0v) is 13.0. The molecule has 0 heterocycles. The smallest absolute Gasteiger partial charge is 0.122 e. The minimum atomic E-state index is -0.768. The van der Waals surface area contributed by atoms with E-state index in [9.17, 15) is 5.11 Å². The molecule has 1 saturated carbocycles. The lowest BCUT2D eigenvalue weighted by molar-refractivity contribution is 0.0176. The molecule has 1 atom stereocenters. The van der Waals surface area contributed by atoms with Crippen LogP contribution in [0, 0.1) is 5.41 Å². The van der Waals surface area contributed by atoms with Crippen molar-refractivity contribution in [2.75, 3.05) is 14.2 Å². The van der Waals surface area contributed by atoms with Gasteiger partial charge in [0.05, 0.1) is 19.8 Å². The maximum atomic E-state index is 11.1. The van der Waals surface area contributed by atoms with Crippen LogP contribution < -0.4 is 9.47 Å². The van der Waals surface area contributed by atoms with Crippen molar-refractivity contribution in [2.24, 2.45) is 5.41 Å². The Hall–Kier alpha value is -1.22. The van der Waals surface area contributed by atoms with Crippen molar-refractivity contribution < 1.29 is 14.6 Å². The Morgan fingerprint density at radius 2 is 1.50 bits per heavy atom. The van der Waals surface area contributed by atoms with E-state index in [1.54, 1.807) is 14.2 Å². The van der Waals surface area contributed by atoms with Crippen LogP contribution in [-0.2, 0) is 5.60 Å². The molecule has 0 spiro atoms. The fourth-order valence-corrected chi connectivity index (χ4v) is 3.02. The number of hydrogen-bond acceptors (Lipinski definition) is 3. The van der Waals surface area contributed by atoms with Crippen molar-refractivity contribution in [1.29, 1.82) is 0 Å². The zero-order valence-electron chi connectivity index (χ0n) is 13.0. The minimum absolute atomic E-state index is 0.313. The van der Waals surface area contributed by atoms with Gasteiger partial charge < -0.3 is 14.6 Å². The van der Waals surface area contributed by atoms with Gasteiger partial charge in [0.15, 0.2) is 0 Å². The SMILES string of the molecule is COc1cc(OC)cc(C2(O)CCCC(C)(C)CC2)c1. The Labute approximate surface area is 121 Å². The summed E-state index contributed by atoms with van der Waals surface area (Å²) in [5.74, 6) is 1.47. The third-order valence-electron chi connectivity index (χ3n) is 4.55. The van der Waals surface area contributed by atoms with Crippen LogP contribution in [0.5, 0.6) is 11.5 Å². The number of aliphatic hydroxyl groups is 1. The first-order valence-electron chi connectivity index (χ1n) is 7.34. The lowest BCUT2D eigenvalue weighted by atomic mass is 9.82. The van der Waals surface area contributed by atoms with Gasteiger partial charge in [-0.05, 0) is 55.2 Å². The Morgan fingerprint density at radius 3 is 2.05 bits per heavy atom. The third-order valence-corrected chi connectivity index (χ3v) is 4.55. The van der Waals surface area contributed by atoms with Crippen molar-refractivity contribution in [3.05, 3.63) is 23.8 Å². The van der Waals surface area contributed by atoms with Crippen LogP contribution >= 0.6 is 0 Å². The Morgan fingerprint density at radius 1 is 0.900 bits per heavy atom. The highest BCUT2D eigenvalue weighted by Gasteiger charge is 2.35. The summed E-state index contributed by atoms with van der Waals surface area (Å²) in [6.07, 6.45) is 4.82. The minimum Gasteiger partial charge on any atom is -0.497 e. The second-order valence-electron chi connectivity index (χ2n) is 6.65. The summed E-state index contributed by atoms with van der Waals surface area (Å²) < 4.78 is 10.6. The van der Waals surface area contributed by atoms with E-state index in [1.807, 2.05) is 18.2 Å². The summed E-state index contributed by atoms with van der Waals surface area (Å²) in [5.41, 5.74) is 0.453. The summed E-state index contributed by atoms with van der Waals surface area (Å²) in [4.78, 5) is 0. The standard InChI is InChI=1S/C17H26O3/c1-16(2)6-5-7-17(18,9-8-16)13-10-14(19-3)12-15(11-13)20-4/h10-12,18H,5-9H2,1-4H3. The first kappa shape index (κ1) is 15.2. The van der Waals surface area contributed by atoms with Crippen molar-refractivity contribution in [3.63, 3.8) is 0 Å². The first-order chi connectivity index (χ1) is 9.38. The van der Waals surface area contributed by atoms with Gasteiger partial charge in [-0.2, -0.15) is 0 Å². The summed E-state index contributed by atoms with van der Waals surface area (Å²) in [6.45, 7) is 4.57. The molecule has 2 rings (SSSR count). The van der Waals surface area contributed by atoms with Crippen LogP contribution in [0.4, 0.5) is 0 Å². The third kappa shape index (κ3) is 3.26. The Bertz CT molecular complexity index is 445. The lowest BCUT2D eigenvalue weighted by Crippen LogP contribution is -2.25. The van der Waals surface area contributed by atoms with Crippen LogP contribution in [0.15, 0.2) is 18.2 Å². The van der Waals surface area contributed by atoms with E-state index < -0.39 is 5.60 Å². The number of methoxy groups -OCH3 is 2. The van der Waals surface area contributed by atoms with Crippen molar-refractivity contribution in [3.8, 4) is 11.5 Å². The van der Waals surface area contributed by atoms with E-state index in [-0.39, 0.29) is 0 Å². The molecule has 0 radical (unpaired) electrons. The van der Waals surface area contributed by atoms with E-state index in [4.69, 9.17) is 9.47 Å². The summed E-state index contributed by atoms with van der Waals surface area (Å²) in [6, 6.07) is 5.70. The van der Waals surface area contributed by atoms with Crippen LogP contribution in [0.25, 0.3) is 0 Å². The molecule has 20 heavy (non-hydrogen) atoms. The highest BCUT2D eigenvalue weighted by atomic mass is 16.5. The van der Waals surface area contributed by atoms with Crippen molar-refractivity contribution >= 4 is 0 Å². The lowest BCUT2D eigenvalue weighted by Gasteiger charge is -2.29. The van der Waals surface area contributed by atoms with E-state index in [2.05, 4.69) is 13.8 Å². The van der Waals surface area contributed by atoms with Gasteiger partial charge in [0, 0.05) is 6.07 Å². The second-order valence-corrected chi connectivity index (χ2v) is 6.65. The molecule has 3 nitrogen and oxygen atoms in total. The Kier molecular flexibility index (Phi) is 4.28. The van der Waals surface area contributed by atoms with E-state index in [1.165, 1.54) is 0 Å². The predicted molar refractivity (Wildman–Crippen MR) is 80.3 cm³/mol. The van der Waals surface area contributed by atoms with Gasteiger partial charge in [-0.25, -0.2) is 0 Å². The Balaban J connectivity index is 2.33. The largest absolute Gasteiger partial charge is 0.497 e. The molecule has 1 aromatic carbocycles. The van der Waals surface area contributed by atoms with E-state index in [0.29, 0.717) is 5.41 Å². The number of ether oxygens (including phenoxy) is 2. The molecular formula is C17H26O3. The molecule has 0 bridgehead atoms. The molecule has 1 aromatic rings. The molecule has 0 saturated heterocycles. The van der Waals surface area contributed by atoms with Gasteiger partial charge in [0.1, 0.15) is 11.5 Å². The molecule has 1 unspecified atom stereocenters. The van der Waals surface area contributed by atoms with Crippen LogP contribution in [0.1, 0.15) is 51.5 Å². The summed E-state index contributed by atoms with van der Waals surface area (Å²) in [5, 5.41) is 11.1. The van der Waals surface area contributed by atoms with E-state index >= 15 is 0 Å². The molecule has 112 valence electrons. The normalized spacial score (nSPS) is 25.9. The first-order valence-corrected chi connectivity index (χ1v) is 7.34. The topological polar surface area (TPSA) is 38.7 Å². The van der Waals surface area contributed by atoms with Crippen LogP contribution in [0.2, 0.25) is 0 Å². The fourth-order valence-electron chi connectivity index (χ4n) is 3.02.